The Morgan fingerprint density at radius 3 is 2.91 bits per heavy atom. The topological polar surface area (TPSA) is 79.7 Å². The number of anilines is 1. The maximum absolute atomic E-state index is 12.8. The van der Waals surface area contributed by atoms with Crippen LogP contribution in [0.25, 0.3) is 11.4 Å². The van der Waals surface area contributed by atoms with Crippen molar-refractivity contribution in [1.29, 1.82) is 0 Å². The Morgan fingerprint density at radius 1 is 1.21 bits per heavy atom. The fourth-order valence-electron chi connectivity index (χ4n) is 4.56. The van der Waals surface area contributed by atoms with Crippen LogP contribution in [-0.2, 0) is 11.3 Å². The van der Waals surface area contributed by atoms with Crippen molar-refractivity contribution in [2.45, 2.75) is 38.3 Å². The molecule has 0 saturated carbocycles. The average molecular weight is 476 g/mol. The van der Waals surface area contributed by atoms with E-state index in [1.165, 1.54) is 19.4 Å². The summed E-state index contributed by atoms with van der Waals surface area (Å²) in [7, 11) is 2.20. The quantitative estimate of drug-likeness (QED) is 0.470. The number of carbonyl (C=O) groups excluding carboxylic acids is 1. The van der Waals surface area contributed by atoms with Gasteiger partial charge in [0.15, 0.2) is 10.9 Å². The van der Waals surface area contributed by atoms with Crippen LogP contribution in [0.3, 0.4) is 0 Å². The van der Waals surface area contributed by atoms with E-state index in [9.17, 15) is 4.79 Å². The highest BCUT2D eigenvalue weighted by Crippen LogP contribution is 2.36. The van der Waals surface area contributed by atoms with Gasteiger partial charge in [0.2, 0.25) is 0 Å². The Labute approximate surface area is 203 Å². The Hall–Kier alpha value is -2.94. The van der Waals surface area contributed by atoms with Crippen LogP contribution in [0.2, 0.25) is 0 Å². The molecule has 2 aliphatic heterocycles. The van der Waals surface area contributed by atoms with E-state index in [2.05, 4.69) is 22.2 Å². The Kier molecular flexibility index (Phi) is 7.08. The van der Waals surface area contributed by atoms with Crippen molar-refractivity contribution >= 4 is 33.7 Å². The minimum absolute atomic E-state index is 0.0428. The van der Waals surface area contributed by atoms with Gasteiger partial charge in [0.05, 0.1) is 25.3 Å². The van der Waals surface area contributed by atoms with Gasteiger partial charge in [0, 0.05) is 29.7 Å². The van der Waals surface area contributed by atoms with Gasteiger partial charge in [0.1, 0.15) is 17.1 Å². The van der Waals surface area contributed by atoms with E-state index >= 15 is 0 Å². The minimum atomic E-state index is 0.0428. The van der Waals surface area contributed by atoms with E-state index in [4.69, 9.17) is 14.7 Å². The Bertz CT molecular complexity index is 1180. The van der Waals surface area contributed by atoms with Crippen molar-refractivity contribution in [3.05, 3.63) is 59.1 Å². The molecule has 7 nitrogen and oxygen atoms in total. The lowest BCUT2D eigenvalue weighted by Gasteiger charge is -2.19. The molecule has 3 aromatic rings. The fraction of sp³-hybridized carbons (Fsp3) is 0.385. The van der Waals surface area contributed by atoms with Gasteiger partial charge in [-0.2, -0.15) is 0 Å². The van der Waals surface area contributed by atoms with E-state index in [1.54, 1.807) is 23.6 Å². The molecule has 1 unspecified atom stereocenters. The Morgan fingerprint density at radius 2 is 2.09 bits per heavy atom. The summed E-state index contributed by atoms with van der Waals surface area (Å²) in [4.78, 5) is 29.3. The fourth-order valence-corrected chi connectivity index (χ4v) is 5.28. The number of thiazole rings is 1. The second-order valence-electron chi connectivity index (χ2n) is 8.84. The van der Waals surface area contributed by atoms with Crippen molar-refractivity contribution in [2.24, 2.45) is 4.99 Å². The molecule has 0 radical (unpaired) electrons. The van der Waals surface area contributed by atoms with Gasteiger partial charge in [0.25, 0.3) is 0 Å². The number of benzene rings is 1. The van der Waals surface area contributed by atoms with Crippen LogP contribution in [-0.4, -0.2) is 59.1 Å². The zero-order valence-corrected chi connectivity index (χ0v) is 20.2. The molecule has 1 N–H and O–H groups in total. The summed E-state index contributed by atoms with van der Waals surface area (Å²) in [6.07, 6.45) is 5.60. The lowest BCUT2D eigenvalue weighted by atomic mass is 9.99. The van der Waals surface area contributed by atoms with Gasteiger partial charge < -0.3 is 15.0 Å². The second kappa shape index (κ2) is 10.5. The molecule has 8 heteroatoms. The molecule has 34 heavy (non-hydrogen) atoms. The first-order valence-electron chi connectivity index (χ1n) is 11.8. The van der Waals surface area contributed by atoms with Crippen molar-refractivity contribution < 1.29 is 9.53 Å². The lowest BCUT2D eigenvalue weighted by molar-refractivity contribution is 0.0993. The Balaban J connectivity index is 1.27. The number of nitrogens with zero attached hydrogens (tertiary/aromatic N) is 4. The number of hydrogen-bond acceptors (Lipinski definition) is 8. The van der Waals surface area contributed by atoms with E-state index in [1.807, 2.05) is 35.7 Å². The van der Waals surface area contributed by atoms with Crippen LogP contribution in [0.15, 0.2) is 53.0 Å². The number of nitrogens with one attached hydrogen (secondary N) is 1. The molecule has 0 bridgehead atoms. The number of likely N-dealkylation sites (tertiary alicyclic amines) is 1. The number of hydrogen-bond donors (Lipinski definition) is 1. The summed E-state index contributed by atoms with van der Waals surface area (Å²) < 4.78 is 5.84. The largest absolute Gasteiger partial charge is 0.371 e. The van der Waals surface area contributed by atoms with Crippen LogP contribution >= 0.6 is 11.3 Å². The highest BCUT2D eigenvalue weighted by Gasteiger charge is 2.25. The standard InChI is InChI=1S/C26H29N5O2S/c1-31-13-5-8-20(31)9-11-28-26-30-22(17-34-26)25-24-21(10-12-27-25)23(32)14-19(29-24)16-33-15-18-6-3-2-4-7-18/h2-4,6-7,10,12,17,20H,5,8-9,11,13-16H2,1H3,(H,28,30). The molecule has 0 amide bonds. The summed E-state index contributed by atoms with van der Waals surface area (Å²) in [5.74, 6) is 0.0428. The van der Waals surface area contributed by atoms with E-state index in [0.717, 1.165) is 35.1 Å². The van der Waals surface area contributed by atoms with Crippen molar-refractivity contribution in [3.8, 4) is 11.4 Å². The minimum Gasteiger partial charge on any atom is -0.371 e. The van der Waals surface area contributed by atoms with E-state index in [-0.39, 0.29) is 12.2 Å². The van der Waals surface area contributed by atoms with Crippen LogP contribution < -0.4 is 5.32 Å². The first kappa shape index (κ1) is 22.8. The molecule has 0 aliphatic carbocycles. The molecule has 5 rings (SSSR count). The molecule has 2 aliphatic rings. The van der Waals surface area contributed by atoms with Crippen molar-refractivity contribution in [2.75, 3.05) is 32.1 Å². The molecule has 2 aromatic heterocycles. The maximum atomic E-state index is 12.8. The summed E-state index contributed by atoms with van der Waals surface area (Å²) in [5.41, 5.74) is 4.40. The first-order chi connectivity index (χ1) is 16.7. The average Bonchev–Trinajstić information content (AvgIpc) is 3.49. The van der Waals surface area contributed by atoms with E-state index in [0.29, 0.717) is 36.2 Å². The smallest absolute Gasteiger partial charge is 0.183 e. The number of carbonyl (C=O) groups is 1. The van der Waals surface area contributed by atoms with Gasteiger partial charge in [-0.05, 0) is 44.5 Å². The number of pyridine rings is 1. The SMILES string of the molecule is CN1CCCC1CCNc1nc(-c2nccc3c2N=C(COCc2ccccc2)CC3=O)cs1. The number of ketones is 1. The normalized spacial score (nSPS) is 18.1. The summed E-state index contributed by atoms with van der Waals surface area (Å²) >= 11 is 1.56. The van der Waals surface area contributed by atoms with Crippen LogP contribution in [0.4, 0.5) is 10.8 Å². The predicted octanol–water partition coefficient (Wildman–Crippen LogP) is 4.98. The van der Waals surface area contributed by atoms with Gasteiger partial charge in [-0.15, -0.1) is 11.3 Å². The highest BCUT2D eigenvalue weighted by molar-refractivity contribution is 7.14. The molecule has 0 spiro atoms. The van der Waals surface area contributed by atoms with Gasteiger partial charge in [-0.25, -0.2) is 4.98 Å². The summed E-state index contributed by atoms with van der Waals surface area (Å²) in [6.45, 7) is 2.88. The maximum Gasteiger partial charge on any atom is 0.183 e. The van der Waals surface area contributed by atoms with Crippen molar-refractivity contribution in [3.63, 3.8) is 0 Å². The summed E-state index contributed by atoms with van der Waals surface area (Å²) in [6, 6.07) is 12.4. The van der Waals surface area contributed by atoms with Gasteiger partial charge in [-0.1, -0.05) is 30.3 Å². The monoisotopic (exact) mass is 475 g/mol. The van der Waals surface area contributed by atoms with Gasteiger partial charge >= 0.3 is 0 Å². The molecule has 1 saturated heterocycles. The number of fused-ring (bicyclic) bond motifs is 1. The second-order valence-corrected chi connectivity index (χ2v) is 9.70. The number of ether oxygens (including phenoxy) is 1. The predicted molar refractivity (Wildman–Crippen MR) is 136 cm³/mol. The number of aliphatic imine (C=N–C) groups is 1. The van der Waals surface area contributed by atoms with Crippen LogP contribution in [0.1, 0.15) is 41.6 Å². The first-order valence-corrected chi connectivity index (χ1v) is 12.7. The summed E-state index contributed by atoms with van der Waals surface area (Å²) in [5, 5.41) is 6.30. The lowest BCUT2D eigenvalue weighted by Crippen LogP contribution is -2.26. The number of rotatable bonds is 9. The molecular weight excluding hydrogens is 446 g/mol. The van der Waals surface area contributed by atoms with Crippen molar-refractivity contribution in [1.82, 2.24) is 14.9 Å². The van der Waals surface area contributed by atoms with Crippen LogP contribution in [0.5, 0.6) is 0 Å². The molecule has 176 valence electrons. The molecular formula is C26H29N5O2S. The third kappa shape index (κ3) is 5.24. The zero-order chi connectivity index (χ0) is 23.3. The van der Waals surface area contributed by atoms with Crippen LogP contribution in [0, 0.1) is 0 Å². The molecule has 1 atom stereocenters. The third-order valence-electron chi connectivity index (χ3n) is 6.41. The van der Waals surface area contributed by atoms with E-state index < -0.39 is 0 Å². The number of aromatic nitrogens is 2. The van der Waals surface area contributed by atoms with Gasteiger partial charge in [-0.3, -0.25) is 14.8 Å². The molecule has 4 heterocycles. The highest BCUT2D eigenvalue weighted by atomic mass is 32.1. The number of Topliss-reactive ketones (excluding diaryl/α,β-unsaturated/α-hetero) is 1. The molecule has 1 aromatic carbocycles. The molecule has 1 fully saturated rings. The third-order valence-corrected chi connectivity index (χ3v) is 7.21. The zero-order valence-electron chi connectivity index (χ0n) is 19.4.